The van der Waals surface area contributed by atoms with E-state index in [0.29, 0.717) is 13.1 Å². The van der Waals surface area contributed by atoms with Crippen LogP contribution in [0.15, 0.2) is 12.2 Å². The lowest BCUT2D eigenvalue weighted by atomic mass is 10.2. The molecule has 0 unspecified atom stereocenters. The summed E-state index contributed by atoms with van der Waals surface area (Å²) in [4.78, 5) is 11.1. The van der Waals surface area contributed by atoms with Gasteiger partial charge >= 0.3 is 6.09 Å². The molecule has 3 N–H and O–H groups in total. The third kappa shape index (κ3) is 9.06. The maximum Gasteiger partial charge on any atom is 0.407 e. The Morgan fingerprint density at radius 1 is 1.43 bits per heavy atom. The number of amides is 1. The number of hydrogen-bond donors (Lipinski definition) is 2. The predicted molar refractivity (Wildman–Crippen MR) is 57.0 cm³/mol. The molecule has 0 bridgehead atoms. The van der Waals surface area contributed by atoms with Crippen LogP contribution in [0.2, 0.25) is 0 Å². The highest BCUT2D eigenvalue weighted by Gasteiger charge is 2.14. The van der Waals surface area contributed by atoms with Crippen molar-refractivity contribution >= 4 is 6.09 Å². The van der Waals surface area contributed by atoms with E-state index < -0.39 is 11.7 Å². The lowest BCUT2D eigenvalue weighted by Crippen LogP contribution is -2.32. The van der Waals surface area contributed by atoms with Crippen molar-refractivity contribution < 1.29 is 9.53 Å². The van der Waals surface area contributed by atoms with Crippen molar-refractivity contribution in [1.29, 1.82) is 0 Å². The van der Waals surface area contributed by atoms with Gasteiger partial charge in [-0.15, -0.1) is 0 Å². The molecule has 0 spiro atoms. The number of nitrogens with one attached hydrogen (secondary N) is 1. The predicted octanol–water partition coefficient (Wildman–Crippen LogP) is 1.42. The van der Waals surface area contributed by atoms with Gasteiger partial charge in [0.25, 0.3) is 0 Å². The zero-order valence-electron chi connectivity index (χ0n) is 9.17. The van der Waals surface area contributed by atoms with Gasteiger partial charge in [0.1, 0.15) is 5.60 Å². The van der Waals surface area contributed by atoms with Crippen LogP contribution in [-0.2, 0) is 4.74 Å². The summed E-state index contributed by atoms with van der Waals surface area (Å²) in [7, 11) is 0. The standard InChI is InChI=1S/C10H20N2O2/c1-10(2,3)14-9(13)12-8-6-4-5-7-11/h4,6H,5,7-8,11H2,1-3H3,(H,12,13). The third-order valence-corrected chi connectivity index (χ3v) is 1.26. The summed E-state index contributed by atoms with van der Waals surface area (Å²) in [5, 5.41) is 2.61. The molecule has 0 heterocycles. The molecule has 14 heavy (non-hydrogen) atoms. The number of alkyl carbamates (subject to hydrolysis) is 1. The van der Waals surface area contributed by atoms with Crippen LogP contribution in [0, 0.1) is 0 Å². The average Bonchev–Trinajstić information content (AvgIpc) is 2.00. The van der Waals surface area contributed by atoms with E-state index in [1.165, 1.54) is 0 Å². The Morgan fingerprint density at radius 2 is 2.07 bits per heavy atom. The fourth-order valence-corrected chi connectivity index (χ4v) is 0.754. The van der Waals surface area contributed by atoms with Gasteiger partial charge in [0.05, 0.1) is 0 Å². The summed E-state index contributed by atoms with van der Waals surface area (Å²) < 4.78 is 5.04. The number of carbonyl (C=O) groups excluding carboxylic acids is 1. The lowest BCUT2D eigenvalue weighted by molar-refractivity contribution is 0.0534. The molecule has 0 aromatic carbocycles. The van der Waals surface area contributed by atoms with E-state index in [4.69, 9.17) is 10.5 Å². The molecule has 0 saturated carbocycles. The second-order valence-electron chi connectivity index (χ2n) is 3.93. The van der Waals surface area contributed by atoms with Crippen LogP contribution >= 0.6 is 0 Å². The first-order valence-corrected chi connectivity index (χ1v) is 4.77. The van der Waals surface area contributed by atoms with E-state index in [1.54, 1.807) is 0 Å². The van der Waals surface area contributed by atoms with Crippen molar-refractivity contribution in [3.63, 3.8) is 0 Å². The molecular formula is C10H20N2O2. The van der Waals surface area contributed by atoms with Crippen molar-refractivity contribution in [3.8, 4) is 0 Å². The van der Waals surface area contributed by atoms with E-state index in [2.05, 4.69) is 5.32 Å². The molecule has 0 radical (unpaired) electrons. The molecule has 0 rings (SSSR count). The molecule has 0 aliphatic rings. The Balaban J connectivity index is 3.55. The first-order valence-electron chi connectivity index (χ1n) is 4.77. The van der Waals surface area contributed by atoms with Crippen molar-refractivity contribution in [2.75, 3.05) is 13.1 Å². The van der Waals surface area contributed by atoms with Crippen LogP contribution in [0.25, 0.3) is 0 Å². The highest BCUT2D eigenvalue weighted by atomic mass is 16.6. The second-order valence-corrected chi connectivity index (χ2v) is 3.93. The van der Waals surface area contributed by atoms with E-state index in [9.17, 15) is 4.79 Å². The topological polar surface area (TPSA) is 64.3 Å². The highest BCUT2D eigenvalue weighted by Crippen LogP contribution is 2.05. The number of carbonyl (C=O) groups is 1. The van der Waals surface area contributed by atoms with E-state index in [1.807, 2.05) is 32.9 Å². The first kappa shape index (κ1) is 13.0. The summed E-state index contributed by atoms with van der Waals surface area (Å²) in [6.45, 7) is 6.60. The van der Waals surface area contributed by atoms with Gasteiger partial charge < -0.3 is 15.8 Å². The van der Waals surface area contributed by atoms with Gasteiger partial charge in [0.15, 0.2) is 0 Å². The van der Waals surface area contributed by atoms with E-state index in [-0.39, 0.29) is 0 Å². The highest BCUT2D eigenvalue weighted by molar-refractivity contribution is 5.67. The fourth-order valence-electron chi connectivity index (χ4n) is 0.754. The van der Waals surface area contributed by atoms with Crippen LogP contribution < -0.4 is 11.1 Å². The SMILES string of the molecule is CC(C)(C)OC(=O)NCC=CCCN. The second kappa shape index (κ2) is 6.43. The van der Waals surface area contributed by atoms with Crippen molar-refractivity contribution in [2.45, 2.75) is 32.8 Å². The molecule has 82 valence electrons. The normalized spacial score (nSPS) is 11.7. The molecule has 0 aliphatic carbocycles. The van der Waals surface area contributed by atoms with Gasteiger partial charge in [-0.1, -0.05) is 12.2 Å². The van der Waals surface area contributed by atoms with Crippen LogP contribution in [0.3, 0.4) is 0 Å². The Bertz CT molecular complexity index is 195. The summed E-state index contributed by atoms with van der Waals surface area (Å²) in [5.74, 6) is 0. The number of rotatable bonds is 4. The maximum absolute atomic E-state index is 11.1. The molecule has 0 atom stereocenters. The monoisotopic (exact) mass is 200 g/mol. The Labute approximate surface area is 85.5 Å². The van der Waals surface area contributed by atoms with Crippen LogP contribution in [-0.4, -0.2) is 24.8 Å². The fraction of sp³-hybridized carbons (Fsp3) is 0.700. The van der Waals surface area contributed by atoms with Gasteiger partial charge in [-0.25, -0.2) is 4.79 Å². The van der Waals surface area contributed by atoms with Gasteiger partial charge in [-0.05, 0) is 33.7 Å². The minimum absolute atomic E-state index is 0.394. The van der Waals surface area contributed by atoms with Crippen LogP contribution in [0.1, 0.15) is 27.2 Å². The Hall–Kier alpha value is -1.03. The van der Waals surface area contributed by atoms with E-state index >= 15 is 0 Å². The third-order valence-electron chi connectivity index (χ3n) is 1.26. The summed E-state index contributed by atoms with van der Waals surface area (Å²) in [6, 6.07) is 0. The maximum atomic E-state index is 11.1. The van der Waals surface area contributed by atoms with Crippen LogP contribution in [0.5, 0.6) is 0 Å². The van der Waals surface area contributed by atoms with E-state index in [0.717, 1.165) is 6.42 Å². The lowest BCUT2D eigenvalue weighted by Gasteiger charge is -2.19. The van der Waals surface area contributed by atoms with Gasteiger partial charge in [0, 0.05) is 6.54 Å². The number of nitrogens with two attached hydrogens (primary N) is 1. The summed E-state index contributed by atoms with van der Waals surface area (Å²) >= 11 is 0. The first-order chi connectivity index (χ1) is 6.45. The Morgan fingerprint density at radius 3 is 2.57 bits per heavy atom. The zero-order valence-corrected chi connectivity index (χ0v) is 9.17. The largest absolute Gasteiger partial charge is 0.444 e. The molecule has 4 nitrogen and oxygen atoms in total. The quantitative estimate of drug-likeness (QED) is 0.674. The smallest absolute Gasteiger partial charge is 0.407 e. The number of ether oxygens (including phenoxy) is 1. The van der Waals surface area contributed by atoms with Gasteiger partial charge in [-0.3, -0.25) is 0 Å². The molecule has 1 amide bonds. The van der Waals surface area contributed by atoms with Crippen molar-refractivity contribution in [3.05, 3.63) is 12.2 Å². The molecule has 0 aromatic rings. The zero-order chi connectivity index (χ0) is 11.0. The van der Waals surface area contributed by atoms with Crippen molar-refractivity contribution in [2.24, 2.45) is 5.73 Å². The molecule has 0 saturated heterocycles. The van der Waals surface area contributed by atoms with Crippen molar-refractivity contribution in [1.82, 2.24) is 5.32 Å². The molecule has 0 aliphatic heterocycles. The molecule has 4 heteroatoms. The van der Waals surface area contributed by atoms with Gasteiger partial charge in [0.2, 0.25) is 0 Å². The Kier molecular flexibility index (Phi) is 5.95. The van der Waals surface area contributed by atoms with Crippen LogP contribution in [0.4, 0.5) is 4.79 Å². The number of hydrogen-bond acceptors (Lipinski definition) is 3. The molecular weight excluding hydrogens is 180 g/mol. The molecule has 0 aromatic heterocycles. The summed E-state index contributed by atoms with van der Waals surface area (Å²) in [6.07, 6.45) is 4.22. The minimum Gasteiger partial charge on any atom is -0.444 e. The minimum atomic E-state index is -0.439. The molecule has 0 fully saturated rings. The average molecular weight is 200 g/mol. The summed E-state index contributed by atoms with van der Waals surface area (Å²) in [5.41, 5.74) is 4.85. The van der Waals surface area contributed by atoms with Gasteiger partial charge in [-0.2, -0.15) is 0 Å².